The van der Waals surface area contributed by atoms with Crippen LogP contribution in [0.25, 0.3) is 0 Å². The SMILES string of the molecule is CC(C)(C)[C@@H]1NCNc2n[nH]nc21. The fourth-order valence-electron chi connectivity index (χ4n) is 1.62. The summed E-state index contributed by atoms with van der Waals surface area (Å²) in [5.41, 5.74) is 1.15. The zero-order valence-corrected chi connectivity index (χ0v) is 8.18. The third-order valence-electron chi connectivity index (χ3n) is 2.28. The molecule has 0 fully saturated rings. The Bertz CT molecular complexity index is 298. The van der Waals surface area contributed by atoms with E-state index in [-0.39, 0.29) is 11.5 Å². The first-order chi connectivity index (χ1) is 6.09. The highest BCUT2D eigenvalue weighted by Crippen LogP contribution is 2.35. The molecule has 72 valence electrons. The molecule has 0 aromatic carbocycles. The first kappa shape index (κ1) is 8.50. The van der Waals surface area contributed by atoms with E-state index < -0.39 is 0 Å². The first-order valence-corrected chi connectivity index (χ1v) is 4.47. The second kappa shape index (κ2) is 2.70. The van der Waals surface area contributed by atoms with Crippen molar-refractivity contribution in [2.24, 2.45) is 5.41 Å². The van der Waals surface area contributed by atoms with Gasteiger partial charge in [0, 0.05) is 0 Å². The average Bonchev–Trinajstić information content (AvgIpc) is 2.48. The average molecular weight is 181 g/mol. The van der Waals surface area contributed by atoms with Crippen LogP contribution in [0.15, 0.2) is 0 Å². The van der Waals surface area contributed by atoms with Crippen LogP contribution < -0.4 is 10.6 Å². The Morgan fingerprint density at radius 1 is 1.31 bits per heavy atom. The van der Waals surface area contributed by atoms with Gasteiger partial charge in [-0.3, -0.25) is 5.32 Å². The number of rotatable bonds is 0. The minimum absolute atomic E-state index is 0.160. The fraction of sp³-hybridized carbons (Fsp3) is 0.750. The lowest BCUT2D eigenvalue weighted by Crippen LogP contribution is -2.39. The van der Waals surface area contributed by atoms with Gasteiger partial charge in [-0.2, -0.15) is 10.3 Å². The number of nitrogens with one attached hydrogen (secondary N) is 3. The molecule has 1 aliphatic heterocycles. The lowest BCUT2D eigenvalue weighted by molar-refractivity contribution is 0.267. The smallest absolute Gasteiger partial charge is 0.174 e. The van der Waals surface area contributed by atoms with Crippen molar-refractivity contribution in [1.82, 2.24) is 20.7 Å². The third-order valence-corrected chi connectivity index (χ3v) is 2.28. The number of aromatic amines is 1. The van der Waals surface area contributed by atoms with E-state index in [4.69, 9.17) is 0 Å². The highest BCUT2D eigenvalue weighted by atomic mass is 15.4. The molecule has 0 aliphatic carbocycles. The molecule has 13 heavy (non-hydrogen) atoms. The van der Waals surface area contributed by atoms with Crippen LogP contribution in [0.2, 0.25) is 0 Å². The molecule has 0 spiro atoms. The summed E-state index contributed by atoms with van der Waals surface area (Å²) in [6.07, 6.45) is 0. The zero-order valence-electron chi connectivity index (χ0n) is 8.18. The Kier molecular flexibility index (Phi) is 1.76. The summed E-state index contributed by atoms with van der Waals surface area (Å²) >= 11 is 0. The standard InChI is InChI=1S/C8H15N5/c1-8(2,3)6-5-7(10-4-9-6)12-13-11-5/h6,9H,4H2,1-3H3,(H2,10,11,12,13)/t6-/m1/s1. The summed E-state index contributed by atoms with van der Waals surface area (Å²) in [6, 6.07) is 0.266. The quantitative estimate of drug-likeness (QED) is 0.555. The van der Waals surface area contributed by atoms with Crippen molar-refractivity contribution < 1.29 is 0 Å². The zero-order chi connectivity index (χ0) is 9.47. The number of anilines is 1. The number of fused-ring (bicyclic) bond motifs is 1. The highest BCUT2D eigenvalue weighted by Gasteiger charge is 2.32. The third kappa shape index (κ3) is 1.39. The van der Waals surface area contributed by atoms with Gasteiger partial charge >= 0.3 is 0 Å². The molecule has 1 aromatic rings. The number of hydrogen-bond acceptors (Lipinski definition) is 4. The van der Waals surface area contributed by atoms with Crippen LogP contribution in [0.1, 0.15) is 32.5 Å². The van der Waals surface area contributed by atoms with Crippen LogP contribution >= 0.6 is 0 Å². The summed E-state index contributed by atoms with van der Waals surface area (Å²) in [5.74, 6) is 0.874. The summed E-state index contributed by atoms with van der Waals surface area (Å²) in [7, 11) is 0. The van der Waals surface area contributed by atoms with E-state index >= 15 is 0 Å². The normalized spacial score (nSPS) is 22.2. The Morgan fingerprint density at radius 2 is 2.08 bits per heavy atom. The van der Waals surface area contributed by atoms with Crippen molar-refractivity contribution in [1.29, 1.82) is 0 Å². The maximum absolute atomic E-state index is 4.14. The van der Waals surface area contributed by atoms with Gasteiger partial charge in [-0.15, -0.1) is 5.10 Å². The molecule has 0 saturated carbocycles. The second-order valence-corrected chi connectivity index (χ2v) is 4.41. The Balaban J connectivity index is 2.35. The van der Waals surface area contributed by atoms with Crippen LogP contribution in [-0.2, 0) is 0 Å². The van der Waals surface area contributed by atoms with Crippen LogP contribution in [-0.4, -0.2) is 22.1 Å². The second-order valence-electron chi connectivity index (χ2n) is 4.41. The van der Waals surface area contributed by atoms with Gasteiger partial charge in [0.15, 0.2) is 5.82 Å². The summed E-state index contributed by atoms with van der Waals surface area (Å²) in [5, 5.41) is 17.3. The van der Waals surface area contributed by atoms with Gasteiger partial charge in [0.1, 0.15) is 5.69 Å². The summed E-state index contributed by atoms with van der Waals surface area (Å²) in [6.45, 7) is 7.32. The van der Waals surface area contributed by atoms with Crippen LogP contribution in [0.5, 0.6) is 0 Å². The van der Waals surface area contributed by atoms with E-state index in [0.717, 1.165) is 18.2 Å². The maximum atomic E-state index is 4.14. The molecule has 5 heteroatoms. The van der Waals surface area contributed by atoms with Gasteiger partial charge < -0.3 is 5.32 Å². The number of aromatic nitrogens is 3. The summed E-state index contributed by atoms with van der Waals surface area (Å²) in [4.78, 5) is 0. The summed E-state index contributed by atoms with van der Waals surface area (Å²) < 4.78 is 0. The predicted molar refractivity (Wildman–Crippen MR) is 50.2 cm³/mol. The Morgan fingerprint density at radius 3 is 2.77 bits per heavy atom. The van der Waals surface area contributed by atoms with Gasteiger partial charge in [0.05, 0.1) is 12.7 Å². The highest BCUT2D eigenvalue weighted by molar-refractivity contribution is 5.43. The van der Waals surface area contributed by atoms with Crippen molar-refractivity contribution in [3.63, 3.8) is 0 Å². The largest absolute Gasteiger partial charge is 0.354 e. The number of H-pyrrole nitrogens is 1. The molecule has 2 rings (SSSR count). The van der Waals surface area contributed by atoms with E-state index in [2.05, 4.69) is 46.8 Å². The van der Waals surface area contributed by atoms with E-state index in [1.165, 1.54) is 0 Å². The molecular weight excluding hydrogens is 166 g/mol. The minimum Gasteiger partial charge on any atom is -0.354 e. The Labute approximate surface area is 77.3 Å². The fourth-order valence-corrected chi connectivity index (χ4v) is 1.62. The van der Waals surface area contributed by atoms with Crippen LogP contribution in [0.3, 0.4) is 0 Å². The van der Waals surface area contributed by atoms with Crippen molar-refractivity contribution in [2.75, 3.05) is 12.0 Å². The maximum Gasteiger partial charge on any atom is 0.174 e. The van der Waals surface area contributed by atoms with Gasteiger partial charge in [-0.1, -0.05) is 20.8 Å². The van der Waals surface area contributed by atoms with Crippen molar-refractivity contribution in [3.8, 4) is 0 Å². The van der Waals surface area contributed by atoms with Gasteiger partial charge in [0.25, 0.3) is 0 Å². The molecular formula is C8H15N5. The molecule has 1 atom stereocenters. The number of hydrogen-bond donors (Lipinski definition) is 3. The molecule has 0 saturated heterocycles. The molecule has 0 bridgehead atoms. The first-order valence-electron chi connectivity index (χ1n) is 4.47. The van der Waals surface area contributed by atoms with E-state index in [1.807, 2.05) is 0 Å². The van der Waals surface area contributed by atoms with E-state index in [0.29, 0.717) is 0 Å². The Hall–Kier alpha value is -1.10. The van der Waals surface area contributed by atoms with Gasteiger partial charge in [0.2, 0.25) is 0 Å². The predicted octanol–water partition coefficient (Wildman–Crippen LogP) is 0.864. The van der Waals surface area contributed by atoms with Crippen LogP contribution in [0, 0.1) is 5.41 Å². The molecule has 1 aromatic heterocycles. The number of nitrogens with zero attached hydrogens (tertiary/aromatic N) is 2. The van der Waals surface area contributed by atoms with Crippen molar-refractivity contribution in [3.05, 3.63) is 5.69 Å². The molecule has 0 amide bonds. The van der Waals surface area contributed by atoms with E-state index in [1.54, 1.807) is 0 Å². The lowest BCUT2D eigenvalue weighted by atomic mass is 9.84. The molecule has 1 aliphatic rings. The van der Waals surface area contributed by atoms with E-state index in [9.17, 15) is 0 Å². The molecule has 5 nitrogen and oxygen atoms in total. The monoisotopic (exact) mass is 181 g/mol. The van der Waals surface area contributed by atoms with Gasteiger partial charge in [-0.05, 0) is 5.41 Å². The molecule has 2 heterocycles. The minimum atomic E-state index is 0.160. The lowest BCUT2D eigenvalue weighted by Gasteiger charge is -2.33. The molecule has 0 radical (unpaired) electrons. The molecule has 3 N–H and O–H groups in total. The molecule has 0 unspecified atom stereocenters. The van der Waals surface area contributed by atoms with Crippen molar-refractivity contribution in [2.45, 2.75) is 26.8 Å². The van der Waals surface area contributed by atoms with Crippen LogP contribution in [0.4, 0.5) is 5.82 Å². The van der Waals surface area contributed by atoms with Crippen molar-refractivity contribution >= 4 is 5.82 Å². The van der Waals surface area contributed by atoms with Gasteiger partial charge in [-0.25, -0.2) is 0 Å². The topological polar surface area (TPSA) is 65.6 Å².